The molecule has 1 fully saturated rings. The van der Waals surface area contributed by atoms with Crippen LogP contribution in [0.25, 0.3) is 0 Å². The normalized spacial score (nSPS) is 19.3. The van der Waals surface area contributed by atoms with Crippen LogP contribution < -0.4 is 5.73 Å². The molecule has 4 rings (SSSR count). The second-order valence-corrected chi connectivity index (χ2v) is 6.87. The van der Waals surface area contributed by atoms with E-state index in [9.17, 15) is 9.59 Å². The number of aromatic nitrogens is 6. The molecule has 0 aliphatic carbocycles. The van der Waals surface area contributed by atoms with Gasteiger partial charge in [-0.2, -0.15) is 10.2 Å². The molecule has 2 amide bonds. The second-order valence-electron chi connectivity index (χ2n) is 6.87. The zero-order valence-electron chi connectivity index (χ0n) is 15.5. The van der Waals surface area contributed by atoms with Crippen LogP contribution in [0.5, 0.6) is 0 Å². The van der Waals surface area contributed by atoms with E-state index in [1.54, 1.807) is 41.9 Å². The number of H-pyrrole nitrogens is 1. The lowest BCUT2D eigenvalue weighted by atomic mass is 9.95. The van der Waals surface area contributed by atoms with Gasteiger partial charge in [0, 0.05) is 31.0 Å². The Balaban J connectivity index is 1.59. The lowest BCUT2D eigenvalue weighted by Gasteiger charge is -2.15. The van der Waals surface area contributed by atoms with Crippen LogP contribution >= 0.6 is 0 Å². The molecular formula is C17H20N8O3. The highest BCUT2D eigenvalue weighted by molar-refractivity contribution is 5.94. The molecule has 11 nitrogen and oxygen atoms in total. The van der Waals surface area contributed by atoms with Crippen LogP contribution in [-0.2, 0) is 11.3 Å². The highest BCUT2D eigenvalue weighted by Gasteiger charge is 2.42. The molecule has 3 N–H and O–H groups in total. The SMILES string of the molecule is Cc1nc(C2CN(C(=O)c3noc(C)c3Cn3cccn3)CC2C(N)=O)n[nH]1. The Kier molecular flexibility index (Phi) is 4.41. The highest BCUT2D eigenvalue weighted by atomic mass is 16.5. The Morgan fingerprint density at radius 1 is 1.36 bits per heavy atom. The Morgan fingerprint density at radius 2 is 2.18 bits per heavy atom. The van der Waals surface area contributed by atoms with Crippen LogP contribution in [0.2, 0.25) is 0 Å². The molecule has 28 heavy (non-hydrogen) atoms. The van der Waals surface area contributed by atoms with Crippen LogP contribution in [0.1, 0.15) is 39.4 Å². The summed E-state index contributed by atoms with van der Waals surface area (Å²) in [7, 11) is 0. The largest absolute Gasteiger partial charge is 0.369 e. The summed E-state index contributed by atoms with van der Waals surface area (Å²) < 4.78 is 6.94. The smallest absolute Gasteiger partial charge is 0.276 e. The number of nitrogens with two attached hydrogens (primary N) is 1. The summed E-state index contributed by atoms with van der Waals surface area (Å²) in [5, 5.41) is 15.0. The maximum absolute atomic E-state index is 13.1. The number of nitrogens with one attached hydrogen (secondary N) is 1. The molecule has 0 aromatic carbocycles. The van der Waals surface area contributed by atoms with Crippen molar-refractivity contribution in [2.75, 3.05) is 13.1 Å². The van der Waals surface area contributed by atoms with Crippen molar-refractivity contribution in [2.45, 2.75) is 26.3 Å². The molecule has 3 aromatic heterocycles. The predicted octanol–water partition coefficient (Wildman–Crippen LogP) is -0.00456. The van der Waals surface area contributed by atoms with Gasteiger partial charge in [-0.15, -0.1) is 0 Å². The van der Waals surface area contributed by atoms with Gasteiger partial charge in [0.05, 0.1) is 18.4 Å². The molecule has 4 heterocycles. The number of rotatable bonds is 5. The number of amides is 2. The first-order valence-corrected chi connectivity index (χ1v) is 8.84. The van der Waals surface area contributed by atoms with Crippen molar-refractivity contribution in [3.05, 3.63) is 47.1 Å². The van der Waals surface area contributed by atoms with Gasteiger partial charge in [0.2, 0.25) is 5.91 Å². The number of carbonyl (C=O) groups is 2. The van der Waals surface area contributed by atoms with Crippen LogP contribution in [0.3, 0.4) is 0 Å². The Morgan fingerprint density at radius 3 is 2.82 bits per heavy atom. The first-order valence-electron chi connectivity index (χ1n) is 8.84. The summed E-state index contributed by atoms with van der Waals surface area (Å²) in [4.78, 5) is 30.9. The maximum atomic E-state index is 13.1. The van der Waals surface area contributed by atoms with Gasteiger partial charge in [-0.3, -0.25) is 19.4 Å². The molecule has 0 saturated carbocycles. The molecule has 0 spiro atoms. The number of likely N-dealkylation sites (tertiary alicyclic amines) is 1. The number of aryl methyl sites for hydroxylation is 2. The molecule has 11 heteroatoms. The maximum Gasteiger partial charge on any atom is 0.276 e. The van der Waals surface area contributed by atoms with Gasteiger partial charge < -0.3 is 15.2 Å². The van der Waals surface area contributed by atoms with Crippen LogP contribution in [0.15, 0.2) is 23.0 Å². The molecular weight excluding hydrogens is 364 g/mol. The Hall–Kier alpha value is -3.50. The summed E-state index contributed by atoms with van der Waals surface area (Å²) in [6.45, 7) is 4.34. The topological polar surface area (TPSA) is 149 Å². The average molecular weight is 384 g/mol. The fourth-order valence-electron chi connectivity index (χ4n) is 3.50. The quantitative estimate of drug-likeness (QED) is 0.628. The zero-order chi connectivity index (χ0) is 19.8. The van der Waals surface area contributed by atoms with E-state index in [2.05, 4.69) is 25.4 Å². The van der Waals surface area contributed by atoms with E-state index < -0.39 is 11.8 Å². The third-order valence-electron chi connectivity index (χ3n) is 4.99. The van der Waals surface area contributed by atoms with E-state index in [0.717, 1.165) is 0 Å². The lowest BCUT2D eigenvalue weighted by molar-refractivity contribution is -0.121. The van der Waals surface area contributed by atoms with Crippen molar-refractivity contribution in [1.29, 1.82) is 0 Å². The number of primary amides is 1. The number of hydrogen-bond acceptors (Lipinski definition) is 7. The van der Waals surface area contributed by atoms with Gasteiger partial charge in [-0.25, -0.2) is 4.98 Å². The van der Waals surface area contributed by atoms with Crippen molar-refractivity contribution < 1.29 is 14.1 Å². The fourth-order valence-corrected chi connectivity index (χ4v) is 3.50. The first-order chi connectivity index (χ1) is 13.4. The fraction of sp³-hybridized carbons (Fsp3) is 0.412. The average Bonchev–Trinajstić information content (AvgIpc) is 3.43. The van der Waals surface area contributed by atoms with Crippen molar-refractivity contribution in [3.8, 4) is 0 Å². The summed E-state index contributed by atoms with van der Waals surface area (Å²) >= 11 is 0. The number of aromatic amines is 1. The molecule has 1 aliphatic heterocycles. The lowest BCUT2D eigenvalue weighted by Crippen LogP contribution is -2.32. The summed E-state index contributed by atoms with van der Waals surface area (Å²) in [6, 6.07) is 1.80. The first kappa shape index (κ1) is 17.9. The summed E-state index contributed by atoms with van der Waals surface area (Å²) in [5.74, 6) is -0.0847. The molecule has 0 bridgehead atoms. The summed E-state index contributed by atoms with van der Waals surface area (Å²) in [6.07, 6.45) is 3.45. The van der Waals surface area contributed by atoms with Crippen LogP contribution in [0, 0.1) is 19.8 Å². The summed E-state index contributed by atoms with van der Waals surface area (Å²) in [5.41, 5.74) is 6.43. The minimum Gasteiger partial charge on any atom is -0.369 e. The van der Waals surface area contributed by atoms with Crippen LogP contribution in [-0.4, -0.2) is 59.9 Å². The van der Waals surface area contributed by atoms with E-state index in [1.807, 2.05) is 0 Å². The van der Waals surface area contributed by atoms with Crippen molar-refractivity contribution >= 4 is 11.8 Å². The Labute approximate surface area is 159 Å². The van der Waals surface area contributed by atoms with E-state index in [-0.39, 0.29) is 30.6 Å². The third kappa shape index (κ3) is 3.15. The predicted molar refractivity (Wildman–Crippen MR) is 95.0 cm³/mol. The van der Waals surface area contributed by atoms with Crippen molar-refractivity contribution in [2.24, 2.45) is 11.7 Å². The number of carbonyl (C=O) groups excluding carboxylic acids is 2. The van der Waals surface area contributed by atoms with Gasteiger partial charge in [0.15, 0.2) is 11.5 Å². The van der Waals surface area contributed by atoms with E-state index >= 15 is 0 Å². The molecule has 3 aromatic rings. The molecule has 1 saturated heterocycles. The van der Waals surface area contributed by atoms with Gasteiger partial charge in [-0.1, -0.05) is 5.16 Å². The van der Waals surface area contributed by atoms with Crippen molar-refractivity contribution in [3.63, 3.8) is 0 Å². The van der Waals surface area contributed by atoms with Crippen molar-refractivity contribution in [1.82, 2.24) is 35.0 Å². The minimum atomic E-state index is -0.568. The molecule has 2 unspecified atom stereocenters. The number of nitrogens with zero attached hydrogens (tertiary/aromatic N) is 6. The second kappa shape index (κ2) is 6.91. The third-order valence-corrected chi connectivity index (χ3v) is 4.99. The Bertz CT molecular complexity index is 1010. The van der Waals surface area contributed by atoms with Crippen LogP contribution in [0.4, 0.5) is 0 Å². The highest BCUT2D eigenvalue weighted by Crippen LogP contribution is 2.32. The van der Waals surface area contributed by atoms with E-state index in [1.165, 1.54) is 0 Å². The molecule has 1 aliphatic rings. The monoisotopic (exact) mass is 384 g/mol. The molecule has 0 radical (unpaired) electrons. The minimum absolute atomic E-state index is 0.180. The zero-order valence-corrected chi connectivity index (χ0v) is 15.5. The number of hydrogen-bond donors (Lipinski definition) is 2. The molecule has 2 atom stereocenters. The van der Waals surface area contributed by atoms with E-state index in [4.69, 9.17) is 10.3 Å². The molecule has 146 valence electrons. The standard InChI is InChI=1S/C17H20N8O3/c1-9-11(8-25-5-3-4-19-25)14(23-28-9)17(27)24-6-12(15(18)26)13(7-24)16-20-10(2)21-22-16/h3-5,12-13H,6-8H2,1-2H3,(H2,18,26)(H,20,21,22). The van der Waals surface area contributed by atoms with Gasteiger partial charge in [-0.05, 0) is 19.9 Å². The van der Waals surface area contributed by atoms with Gasteiger partial charge in [0.1, 0.15) is 11.6 Å². The van der Waals surface area contributed by atoms with Gasteiger partial charge >= 0.3 is 0 Å². The van der Waals surface area contributed by atoms with Gasteiger partial charge in [0.25, 0.3) is 5.91 Å². The van der Waals surface area contributed by atoms with E-state index in [0.29, 0.717) is 29.5 Å².